The van der Waals surface area contributed by atoms with E-state index in [-0.39, 0.29) is 5.75 Å². The summed E-state index contributed by atoms with van der Waals surface area (Å²) in [5, 5.41) is 0. The third-order valence-corrected chi connectivity index (χ3v) is 5.44. The highest BCUT2D eigenvalue weighted by molar-refractivity contribution is 7.85. The first-order valence-electron chi connectivity index (χ1n) is 9.52. The first-order chi connectivity index (χ1) is 12.9. The van der Waals surface area contributed by atoms with E-state index in [4.69, 9.17) is 4.55 Å². The SMILES string of the molecule is CCN1C=CC(C=Cc2ccc(N(CC)CCCCS(=O)(=O)O)cc2)=CC1. The molecule has 0 amide bonds. The van der Waals surface area contributed by atoms with Gasteiger partial charge < -0.3 is 9.80 Å². The van der Waals surface area contributed by atoms with Crippen LogP contribution in [0.3, 0.4) is 0 Å². The molecule has 0 saturated carbocycles. The molecule has 0 radical (unpaired) electrons. The molecule has 27 heavy (non-hydrogen) atoms. The lowest BCUT2D eigenvalue weighted by molar-refractivity contribution is 0.434. The van der Waals surface area contributed by atoms with Crippen LogP contribution in [0.1, 0.15) is 32.3 Å². The minimum atomic E-state index is -3.86. The summed E-state index contributed by atoms with van der Waals surface area (Å²) in [6.07, 6.45) is 11.9. The molecule has 0 atom stereocenters. The van der Waals surface area contributed by atoms with E-state index in [0.717, 1.165) is 43.9 Å². The molecule has 0 unspecified atom stereocenters. The molecule has 1 heterocycles. The van der Waals surface area contributed by atoms with Crippen LogP contribution < -0.4 is 4.90 Å². The van der Waals surface area contributed by atoms with Gasteiger partial charge in [-0.3, -0.25) is 4.55 Å². The van der Waals surface area contributed by atoms with Crippen LogP contribution in [0.5, 0.6) is 0 Å². The Kier molecular flexibility index (Phi) is 8.13. The minimum absolute atomic E-state index is 0.172. The Morgan fingerprint density at radius 3 is 2.44 bits per heavy atom. The number of anilines is 1. The summed E-state index contributed by atoms with van der Waals surface area (Å²) in [7, 11) is -3.86. The zero-order valence-electron chi connectivity index (χ0n) is 16.2. The fraction of sp³-hybridized carbons (Fsp3) is 0.429. The molecule has 148 valence electrons. The Morgan fingerprint density at radius 1 is 1.15 bits per heavy atom. The summed E-state index contributed by atoms with van der Waals surface area (Å²) in [4.78, 5) is 4.46. The first-order valence-corrected chi connectivity index (χ1v) is 11.1. The molecule has 6 heteroatoms. The van der Waals surface area contributed by atoms with E-state index in [2.05, 4.69) is 78.4 Å². The molecule has 1 aliphatic heterocycles. The number of benzene rings is 1. The van der Waals surface area contributed by atoms with Gasteiger partial charge in [-0.05, 0) is 62.2 Å². The van der Waals surface area contributed by atoms with Gasteiger partial charge in [0.1, 0.15) is 0 Å². The van der Waals surface area contributed by atoms with Gasteiger partial charge in [0, 0.05) is 31.9 Å². The van der Waals surface area contributed by atoms with Crippen LogP contribution in [0.15, 0.2) is 54.3 Å². The monoisotopic (exact) mass is 390 g/mol. The van der Waals surface area contributed by atoms with E-state index < -0.39 is 10.1 Å². The van der Waals surface area contributed by atoms with Crippen LogP contribution in [0.25, 0.3) is 6.08 Å². The molecular formula is C21H30N2O3S. The lowest BCUT2D eigenvalue weighted by atomic mass is 10.1. The summed E-state index contributed by atoms with van der Waals surface area (Å²) >= 11 is 0. The van der Waals surface area contributed by atoms with Gasteiger partial charge in [-0.1, -0.05) is 30.4 Å². The van der Waals surface area contributed by atoms with Crippen molar-refractivity contribution in [3.63, 3.8) is 0 Å². The maximum atomic E-state index is 10.8. The van der Waals surface area contributed by atoms with Gasteiger partial charge in [-0.25, -0.2) is 0 Å². The van der Waals surface area contributed by atoms with Crippen LogP contribution in [-0.4, -0.2) is 49.8 Å². The summed E-state index contributed by atoms with van der Waals surface area (Å²) in [5.74, 6) is -0.172. The molecular weight excluding hydrogens is 360 g/mol. The predicted octanol–water partition coefficient (Wildman–Crippen LogP) is 3.97. The van der Waals surface area contributed by atoms with Crippen molar-refractivity contribution in [2.24, 2.45) is 0 Å². The molecule has 0 aliphatic carbocycles. The normalized spacial score (nSPS) is 14.6. The Labute approximate surface area is 163 Å². The summed E-state index contributed by atoms with van der Waals surface area (Å²) < 4.78 is 30.4. The maximum Gasteiger partial charge on any atom is 0.264 e. The molecule has 0 spiro atoms. The van der Waals surface area contributed by atoms with E-state index >= 15 is 0 Å². The number of nitrogens with zero attached hydrogens (tertiary/aromatic N) is 2. The number of unbranched alkanes of at least 4 members (excludes halogenated alkanes) is 1. The van der Waals surface area contributed by atoms with Crippen molar-refractivity contribution in [3.8, 4) is 0 Å². The van der Waals surface area contributed by atoms with Crippen LogP contribution in [-0.2, 0) is 10.1 Å². The summed E-state index contributed by atoms with van der Waals surface area (Å²) in [6, 6.07) is 8.38. The molecule has 0 fully saturated rings. The Balaban J connectivity index is 1.88. The van der Waals surface area contributed by atoms with Crippen LogP contribution in [0, 0.1) is 0 Å². The number of rotatable bonds is 10. The smallest absolute Gasteiger partial charge is 0.264 e. The van der Waals surface area contributed by atoms with Crippen molar-refractivity contribution < 1.29 is 13.0 Å². The maximum absolute atomic E-state index is 10.8. The number of hydrogen-bond acceptors (Lipinski definition) is 4. The number of hydrogen-bond donors (Lipinski definition) is 1. The molecule has 1 N–H and O–H groups in total. The fourth-order valence-electron chi connectivity index (χ4n) is 2.95. The van der Waals surface area contributed by atoms with Crippen LogP contribution in [0.4, 0.5) is 5.69 Å². The molecule has 0 bridgehead atoms. The molecule has 1 aromatic carbocycles. The van der Waals surface area contributed by atoms with Crippen molar-refractivity contribution in [2.75, 3.05) is 36.8 Å². The topological polar surface area (TPSA) is 60.9 Å². The van der Waals surface area contributed by atoms with E-state index in [1.807, 2.05) is 0 Å². The fourth-order valence-corrected chi connectivity index (χ4v) is 3.52. The predicted molar refractivity (Wildman–Crippen MR) is 113 cm³/mol. The van der Waals surface area contributed by atoms with E-state index in [9.17, 15) is 8.42 Å². The summed E-state index contributed by atoms with van der Waals surface area (Å²) in [6.45, 7) is 7.83. The second-order valence-corrected chi connectivity index (χ2v) is 8.18. The zero-order chi connectivity index (χ0) is 19.7. The zero-order valence-corrected chi connectivity index (χ0v) is 17.0. The Morgan fingerprint density at radius 2 is 1.89 bits per heavy atom. The van der Waals surface area contributed by atoms with Gasteiger partial charge in [0.15, 0.2) is 0 Å². The lowest BCUT2D eigenvalue weighted by Gasteiger charge is -2.23. The second-order valence-electron chi connectivity index (χ2n) is 6.61. The van der Waals surface area contributed by atoms with Gasteiger partial charge in [0.2, 0.25) is 0 Å². The number of likely N-dealkylation sites (N-methyl/N-ethyl adjacent to an activating group) is 1. The highest BCUT2D eigenvalue weighted by Gasteiger charge is 2.07. The van der Waals surface area contributed by atoms with Crippen molar-refractivity contribution in [1.82, 2.24) is 4.90 Å². The lowest BCUT2D eigenvalue weighted by Crippen LogP contribution is -2.24. The molecule has 2 rings (SSSR count). The van der Waals surface area contributed by atoms with Crippen molar-refractivity contribution in [1.29, 1.82) is 0 Å². The second kappa shape index (κ2) is 10.3. The third kappa shape index (κ3) is 7.61. The van der Waals surface area contributed by atoms with Gasteiger partial charge in [-0.15, -0.1) is 0 Å². The van der Waals surface area contributed by atoms with Gasteiger partial charge in [0.05, 0.1) is 5.75 Å². The van der Waals surface area contributed by atoms with Crippen LogP contribution >= 0.6 is 0 Å². The van der Waals surface area contributed by atoms with E-state index in [0.29, 0.717) is 6.42 Å². The Hall–Kier alpha value is -2.05. The van der Waals surface area contributed by atoms with E-state index in [1.54, 1.807) is 0 Å². The highest BCUT2D eigenvalue weighted by atomic mass is 32.2. The van der Waals surface area contributed by atoms with Crippen LogP contribution in [0.2, 0.25) is 0 Å². The van der Waals surface area contributed by atoms with Gasteiger partial charge in [0.25, 0.3) is 10.1 Å². The minimum Gasteiger partial charge on any atom is -0.374 e. The van der Waals surface area contributed by atoms with E-state index in [1.165, 1.54) is 5.57 Å². The average Bonchev–Trinajstić information content (AvgIpc) is 2.66. The van der Waals surface area contributed by atoms with Gasteiger partial charge >= 0.3 is 0 Å². The Bertz CT molecular complexity index is 780. The summed E-state index contributed by atoms with van der Waals surface area (Å²) in [5.41, 5.74) is 3.49. The largest absolute Gasteiger partial charge is 0.374 e. The molecule has 1 aliphatic rings. The average molecular weight is 391 g/mol. The number of allylic oxidation sites excluding steroid dienone is 3. The molecule has 0 aromatic heterocycles. The third-order valence-electron chi connectivity index (χ3n) is 4.63. The van der Waals surface area contributed by atoms with Crippen molar-refractivity contribution >= 4 is 21.9 Å². The van der Waals surface area contributed by atoms with Crippen molar-refractivity contribution in [3.05, 3.63) is 59.8 Å². The van der Waals surface area contributed by atoms with Crippen molar-refractivity contribution in [2.45, 2.75) is 26.7 Å². The molecule has 5 nitrogen and oxygen atoms in total. The van der Waals surface area contributed by atoms with Gasteiger partial charge in [-0.2, -0.15) is 8.42 Å². The quantitative estimate of drug-likeness (QED) is 0.484. The standard InChI is InChI=1S/C21H30N2O3S/c1-3-22-16-13-20(14-17-22)8-7-19-9-11-21(12-10-19)23(4-2)15-5-6-18-27(24,25)26/h7-14,16H,3-6,15,17-18H2,1-2H3,(H,24,25,26). The molecule has 0 saturated heterocycles. The highest BCUT2D eigenvalue weighted by Crippen LogP contribution is 2.18. The molecule has 1 aromatic rings. The first kappa shape index (κ1) is 21.3.